The van der Waals surface area contributed by atoms with Crippen LogP contribution < -0.4 is 5.32 Å². The molecule has 0 atom stereocenters. The summed E-state index contributed by atoms with van der Waals surface area (Å²) in [6.07, 6.45) is 5.55. The second-order valence-electron chi connectivity index (χ2n) is 7.16. The summed E-state index contributed by atoms with van der Waals surface area (Å²) in [6.45, 7) is 4.22. The second kappa shape index (κ2) is 7.37. The summed E-state index contributed by atoms with van der Waals surface area (Å²) in [5, 5.41) is 2.98. The number of carbonyl (C=O) groups is 2. The standard InChI is InChI=1S/C20H28N2O2/c1-2-13-21-18(23)16-9-14-22(15-10-16)19(24)20(11-6-12-20)17-7-4-3-5-8-17/h3-5,7-8,16H,2,6,9-15H2,1H3,(H,21,23). The Kier molecular flexibility index (Phi) is 5.22. The molecule has 24 heavy (non-hydrogen) atoms. The highest BCUT2D eigenvalue weighted by atomic mass is 16.2. The first-order valence-electron chi connectivity index (χ1n) is 9.30. The number of piperidine rings is 1. The highest BCUT2D eigenvalue weighted by Gasteiger charge is 2.48. The molecule has 1 heterocycles. The average molecular weight is 328 g/mol. The van der Waals surface area contributed by atoms with Gasteiger partial charge in [0.1, 0.15) is 0 Å². The van der Waals surface area contributed by atoms with Crippen LogP contribution in [0.15, 0.2) is 30.3 Å². The van der Waals surface area contributed by atoms with E-state index in [2.05, 4.69) is 24.4 Å². The van der Waals surface area contributed by atoms with E-state index in [-0.39, 0.29) is 23.1 Å². The summed E-state index contributed by atoms with van der Waals surface area (Å²) in [5.74, 6) is 0.493. The van der Waals surface area contributed by atoms with Crippen molar-refractivity contribution in [2.75, 3.05) is 19.6 Å². The molecule has 1 aliphatic heterocycles. The molecule has 2 fully saturated rings. The lowest BCUT2D eigenvalue weighted by Crippen LogP contribution is -2.53. The van der Waals surface area contributed by atoms with E-state index in [4.69, 9.17) is 0 Å². The summed E-state index contributed by atoms with van der Waals surface area (Å²) < 4.78 is 0. The van der Waals surface area contributed by atoms with Crippen LogP contribution in [-0.2, 0) is 15.0 Å². The fourth-order valence-electron chi connectivity index (χ4n) is 3.95. The number of nitrogens with zero attached hydrogens (tertiary/aromatic N) is 1. The summed E-state index contributed by atoms with van der Waals surface area (Å²) in [5.41, 5.74) is 0.850. The van der Waals surface area contributed by atoms with Gasteiger partial charge in [0.15, 0.2) is 0 Å². The quantitative estimate of drug-likeness (QED) is 0.903. The van der Waals surface area contributed by atoms with Gasteiger partial charge >= 0.3 is 0 Å². The molecule has 4 nitrogen and oxygen atoms in total. The molecule has 0 bridgehead atoms. The molecular weight excluding hydrogens is 300 g/mol. The Balaban J connectivity index is 1.62. The Labute approximate surface area is 144 Å². The molecule has 3 rings (SSSR count). The van der Waals surface area contributed by atoms with Gasteiger partial charge in [0.2, 0.25) is 11.8 Å². The van der Waals surface area contributed by atoms with Crippen LogP contribution in [0.5, 0.6) is 0 Å². The van der Waals surface area contributed by atoms with Gasteiger partial charge in [-0.3, -0.25) is 9.59 Å². The van der Waals surface area contributed by atoms with Crippen molar-refractivity contribution in [2.24, 2.45) is 5.92 Å². The van der Waals surface area contributed by atoms with E-state index >= 15 is 0 Å². The van der Waals surface area contributed by atoms with Crippen molar-refractivity contribution in [3.8, 4) is 0 Å². The van der Waals surface area contributed by atoms with Gasteiger partial charge in [0.25, 0.3) is 0 Å². The average Bonchev–Trinajstić information content (AvgIpc) is 2.59. The highest BCUT2D eigenvalue weighted by Crippen LogP contribution is 2.45. The smallest absolute Gasteiger partial charge is 0.233 e. The van der Waals surface area contributed by atoms with Crippen molar-refractivity contribution < 1.29 is 9.59 Å². The maximum atomic E-state index is 13.2. The van der Waals surface area contributed by atoms with Crippen LogP contribution in [0.2, 0.25) is 0 Å². The molecule has 1 aliphatic carbocycles. The molecule has 4 heteroatoms. The molecule has 1 aromatic carbocycles. The number of benzene rings is 1. The third-order valence-corrected chi connectivity index (χ3v) is 5.65. The van der Waals surface area contributed by atoms with E-state index in [0.29, 0.717) is 13.1 Å². The minimum atomic E-state index is -0.307. The van der Waals surface area contributed by atoms with E-state index < -0.39 is 0 Å². The SMILES string of the molecule is CCCNC(=O)C1CCN(C(=O)C2(c3ccccc3)CCC2)CC1. The van der Waals surface area contributed by atoms with Crippen LogP contribution in [0.25, 0.3) is 0 Å². The first-order chi connectivity index (χ1) is 11.7. The normalized spacial score (nSPS) is 20.3. The molecule has 1 aromatic rings. The third-order valence-electron chi connectivity index (χ3n) is 5.65. The van der Waals surface area contributed by atoms with Gasteiger partial charge in [-0.25, -0.2) is 0 Å². The molecule has 0 aromatic heterocycles. The van der Waals surface area contributed by atoms with Gasteiger partial charge in [0.05, 0.1) is 5.41 Å². The molecule has 130 valence electrons. The van der Waals surface area contributed by atoms with Gasteiger partial charge < -0.3 is 10.2 Å². The van der Waals surface area contributed by atoms with Crippen molar-refractivity contribution in [3.63, 3.8) is 0 Å². The van der Waals surface area contributed by atoms with Crippen molar-refractivity contribution in [3.05, 3.63) is 35.9 Å². The molecule has 0 spiro atoms. The maximum absolute atomic E-state index is 13.2. The van der Waals surface area contributed by atoms with Gasteiger partial charge in [-0.15, -0.1) is 0 Å². The van der Waals surface area contributed by atoms with Crippen molar-refractivity contribution in [1.29, 1.82) is 0 Å². The van der Waals surface area contributed by atoms with Gasteiger partial charge in [-0.05, 0) is 37.7 Å². The number of nitrogens with one attached hydrogen (secondary N) is 1. The second-order valence-corrected chi connectivity index (χ2v) is 7.16. The van der Waals surface area contributed by atoms with Gasteiger partial charge in [-0.1, -0.05) is 43.7 Å². The van der Waals surface area contributed by atoms with Gasteiger partial charge in [-0.2, -0.15) is 0 Å². The number of rotatable bonds is 5. The van der Waals surface area contributed by atoms with Crippen LogP contribution in [-0.4, -0.2) is 36.3 Å². The van der Waals surface area contributed by atoms with Crippen molar-refractivity contribution in [1.82, 2.24) is 10.2 Å². The summed E-state index contributed by atoms with van der Waals surface area (Å²) in [4.78, 5) is 27.3. The maximum Gasteiger partial charge on any atom is 0.233 e. The number of hydrogen-bond acceptors (Lipinski definition) is 2. The zero-order valence-corrected chi connectivity index (χ0v) is 14.6. The molecule has 1 saturated carbocycles. The number of amides is 2. The lowest BCUT2D eigenvalue weighted by Gasteiger charge is -2.45. The van der Waals surface area contributed by atoms with Crippen LogP contribution in [0, 0.1) is 5.92 Å². The zero-order valence-electron chi connectivity index (χ0n) is 14.6. The minimum absolute atomic E-state index is 0.0645. The topological polar surface area (TPSA) is 49.4 Å². The summed E-state index contributed by atoms with van der Waals surface area (Å²) in [6, 6.07) is 10.2. The van der Waals surface area contributed by atoms with Crippen LogP contribution >= 0.6 is 0 Å². The zero-order chi connectivity index (χ0) is 17.0. The fraction of sp³-hybridized carbons (Fsp3) is 0.600. The molecular formula is C20H28N2O2. The lowest BCUT2D eigenvalue weighted by atomic mass is 9.63. The van der Waals surface area contributed by atoms with Crippen LogP contribution in [0.1, 0.15) is 51.0 Å². The Morgan fingerprint density at radius 3 is 2.38 bits per heavy atom. The van der Waals surface area contributed by atoms with Crippen molar-refractivity contribution in [2.45, 2.75) is 50.9 Å². The predicted octanol–water partition coefficient (Wildman–Crippen LogP) is 2.87. The van der Waals surface area contributed by atoms with Crippen molar-refractivity contribution >= 4 is 11.8 Å². The Hall–Kier alpha value is -1.84. The molecule has 1 saturated heterocycles. The van der Waals surface area contributed by atoms with Crippen LogP contribution in [0.3, 0.4) is 0 Å². The summed E-state index contributed by atoms with van der Waals surface area (Å²) in [7, 11) is 0. The first-order valence-corrected chi connectivity index (χ1v) is 9.30. The molecule has 1 N–H and O–H groups in total. The number of likely N-dealkylation sites (tertiary alicyclic amines) is 1. The first kappa shape index (κ1) is 17.0. The molecule has 2 amide bonds. The monoisotopic (exact) mass is 328 g/mol. The van der Waals surface area contributed by atoms with E-state index in [0.717, 1.165) is 50.6 Å². The number of hydrogen-bond donors (Lipinski definition) is 1. The minimum Gasteiger partial charge on any atom is -0.356 e. The Morgan fingerprint density at radius 2 is 1.83 bits per heavy atom. The highest BCUT2D eigenvalue weighted by molar-refractivity contribution is 5.89. The molecule has 2 aliphatic rings. The predicted molar refractivity (Wildman–Crippen MR) is 94.6 cm³/mol. The molecule has 0 unspecified atom stereocenters. The Morgan fingerprint density at radius 1 is 1.17 bits per heavy atom. The van der Waals surface area contributed by atoms with E-state index in [9.17, 15) is 9.59 Å². The van der Waals surface area contributed by atoms with E-state index in [1.165, 1.54) is 0 Å². The fourth-order valence-corrected chi connectivity index (χ4v) is 3.95. The molecule has 0 radical (unpaired) electrons. The van der Waals surface area contributed by atoms with E-state index in [1.807, 2.05) is 23.1 Å². The Bertz CT molecular complexity index is 573. The largest absolute Gasteiger partial charge is 0.356 e. The van der Waals surface area contributed by atoms with E-state index in [1.54, 1.807) is 0 Å². The summed E-state index contributed by atoms with van der Waals surface area (Å²) >= 11 is 0. The van der Waals surface area contributed by atoms with Gasteiger partial charge in [0, 0.05) is 25.6 Å². The number of carbonyl (C=O) groups excluding carboxylic acids is 2. The third kappa shape index (κ3) is 3.19. The van der Waals surface area contributed by atoms with Crippen LogP contribution in [0.4, 0.5) is 0 Å². The lowest BCUT2D eigenvalue weighted by molar-refractivity contribution is -0.144.